The number of thiophene rings is 1. The highest BCUT2D eigenvalue weighted by atomic mass is 35.5. The fourth-order valence-corrected chi connectivity index (χ4v) is 4.26. The van der Waals surface area contributed by atoms with Crippen molar-refractivity contribution in [2.75, 3.05) is 12.3 Å². The molecule has 0 radical (unpaired) electrons. The lowest BCUT2D eigenvalue weighted by Crippen LogP contribution is -2.15. The first-order valence-corrected chi connectivity index (χ1v) is 9.14. The Labute approximate surface area is 147 Å². The fourth-order valence-electron chi connectivity index (χ4n) is 1.95. The van der Waals surface area contributed by atoms with Crippen LogP contribution in [-0.2, 0) is 13.0 Å². The molecule has 0 saturated carbocycles. The Hall–Kier alpha value is -0.990. The van der Waals surface area contributed by atoms with Crippen molar-refractivity contribution in [3.8, 4) is 10.6 Å². The van der Waals surface area contributed by atoms with E-state index < -0.39 is 0 Å². The second-order valence-electron chi connectivity index (χ2n) is 4.61. The van der Waals surface area contributed by atoms with E-state index in [4.69, 9.17) is 5.73 Å². The summed E-state index contributed by atoms with van der Waals surface area (Å²) in [5.41, 5.74) is 6.71. The summed E-state index contributed by atoms with van der Waals surface area (Å²) in [7, 11) is 0. The smallest absolute Gasteiger partial charge is 0.180 e. The van der Waals surface area contributed by atoms with Crippen LogP contribution in [0.4, 0.5) is 5.13 Å². The highest BCUT2D eigenvalue weighted by Gasteiger charge is 2.06. The zero-order valence-electron chi connectivity index (χ0n) is 12.0. The van der Waals surface area contributed by atoms with Crippen molar-refractivity contribution in [2.45, 2.75) is 19.9 Å². The van der Waals surface area contributed by atoms with Gasteiger partial charge in [0.1, 0.15) is 0 Å². The summed E-state index contributed by atoms with van der Waals surface area (Å²) in [5, 5.41) is 7.30. The first kappa shape index (κ1) is 17.4. The summed E-state index contributed by atoms with van der Waals surface area (Å²) < 4.78 is 0. The SMILES string of the molecule is Cc1nc(-c2ccc(CCNCc3cnc(N)s3)s2)cs1.Cl. The summed E-state index contributed by atoms with van der Waals surface area (Å²) in [4.78, 5) is 12.4. The molecule has 0 bridgehead atoms. The van der Waals surface area contributed by atoms with Crippen molar-refractivity contribution in [3.63, 3.8) is 0 Å². The molecule has 0 aliphatic heterocycles. The normalized spacial score (nSPS) is 10.6. The van der Waals surface area contributed by atoms with Gasteiger partial charge in [-0.25, -0.2) is 9.97 Å². The standard InChI is InChI=1S/C14H16N4S3.ClH/c1-9-18-12(8-19-9)13-3-2-10(20-13)4-5-16-6-11-7-17-14(15)21-11;/h2-3,7-8,16H,4-6H2,1H3,(H2,15,17);1H. The minimum absolute atomic E-state index is 0. The van der Waals surface area contributed by atoms with Crippen LogP contribution in [0.25, 0.3) is 10.6 Å². The first-order valence-electron chi connectivity index (χ1n) is 6.63. The van der Waals surface area contributed by atoms with Crippen molar-refractivity contribution in [1.82, 2.24) is 15.3 Å². The number of aromatic nitrogens is 2. The molecule has 3 heterocycles. The van der Waals surface area contributed by atoms with E-state index in [1.165, 1.54) is 26.0 Å². The van der Waals surface area contributed by atoms with Crippen LogP contribution in [0.15, 0.2) is 23.7 Å². The zero-order chi connectivity index (χ0) is 14.7. The topological polar surface area (TPSA) is 63.8 Å². The van der Waals surface area contributed by atoms with Crippen molar-refractivity contribution < 1.29 is 0 Å². The molecule has 118 valence electrons. The number of hydrogen-bond donors (Lipinski definition) is 2. The number of nitrogen functional groups attached to an aromatic ring is 1. The number of nitrogens with one attached hydrogen (secondary N) is 1. The van der Waals surface area contributed by atoms with Gasteiger partial charge in [-0.3, -0.25) is 0 Å². The Balaban J connectivity index is 0.00000176. The van der Waals surface area contributed by atoms with Gasteiger partial charge in [0, 0.05) is 34.4 Å². The van der Waals surface area contributed by atoms with Crippen molar-refractivity contribution in [2.24, 2.45) is 0 Å². The fraction of sp³-hybridized carbons (Fsp3) is 0.286. The van der Waals surface area contributed by atoms with Gasteiger partial charge in [0.25, 0.3) is 0 Å². The van der Waals surface area contributed by atoms with Crippen LogP contribution in [-0.4, -0.2) is 16.5 Å². The number of anilines is 1. The number of hydrogen-bond acceptors (Lipinski definition) is 7. The minimum atomic E-state index is 0. The third kappa shape index (κ3) is 4.50. The first-order chi connectivity index (χ1) is 10.2. The maximum atomic E-state index is 5.61. The Morgan fingerprint density at radius 1 is 1.23 bits per heavy atom. The molecule has 0 saturated heterocycles. The van der Waals surface area contributed by atoms with E-state index in [1.807, 2.05) is 24.5 Å². The molecule has 3 N–H and O–H groups in total. The summed E-state index contributed by atoms with van der Waals surface area (Å²) in [6, 6.07) is 4.36. The molecule has 0 aliphatic rings. The van der Waals surface area contributed by atoms with Crippen LogP contribution in [0.5, 0.6) is 0 Å². The number of nitrogens with zero attached hydrogens (tertiary/aromatic N) is 2. The highest BCUT2D eigenvalue weighted by Crippen LogP contribution is 2.29. The van der Waals surface area contributed by atoms with Crippen molar-refractivity contribution in [1.29, 1.82) is 0 Å². The van der Waals surface area contributed by atoms with E-state index in [0.29, 0.717) is 5.13 Å². The van der Waals surface area contributed by atoms with Crippen LogP contribution < -0.4 is 11.1 Å². The van der Waals surface area contributed by atoms with Gasteiger partial charge < -0.3 is 11.1 Å². The maximum absolute atomic E-state index is 5.61. The van der Waals surface area contributed by atoms with Crippen LogP contribution in [0, 0.1) is 6.92 Å². The molecule has 0 fully saturated rings. The third-order valence-electron chi connectivity index (χ3n) is 2.95. The largest absolute Gasteiger partial charge is 0.375 e. The summed E-state index contributed by atoms with van der Waals surface area (Å²) in [5.74, 6) is 0. The van der Waals surface area contributed by atoms with Gasteiger partial charge in [-0.05, 0) is 25.5 Å². The van der Waals surface area contributed by atoms with Gasteiger partial charge >= 0.3 is 0 Å². The third-order valence-corrected chi connectivity index (χ3v) is 5.72. The Morgan fingerprint density at radius 2 is 2.09 bits per heavy atom. The van der Waals surface area contributed by atoms with Crippen LogP contribution >= 0.6 is 46.4 Å². The molecule has 0 aliphatic carbocycles. The average molecular weight is 373 g/mol. The maximum Gasteiger partial charge on any atom is 0.180 e. The molecule has 0 spiro atoms. The van der Waals surface area contributed by atoms with Crippen LogP contribution in [0.3, 0.4) is 0 Å². The molecule has 0 aromatic carbocycles. The second-order valence-corrected chi connectivity index (χ2v) is 7.99. The average Bonchev–Trinajstić information content (AvgIpc) is 3.16. The van der Waals surface area contributed by atoms with E-state index in [1.54, 1.807) is 11.3 Å². The van der Waals surface area contributed by atoms with Crippen LogP contribution in [0.2, 0.25) is 0 Å². The van der Waals surface area contributed by atoms with Crippen molar-refractivity contribution in [3.05, 3.63) is 38.5 Å². The number of aryl methyl sites for hydroxylation is 1. The molecule has 0 atom stereocenters. The lowest BCUT2D eigenvalue weighted by molar-refractivity contribution is 0.696. The van der Waals surface area contributed by atoms with E-state index in [-0.39, 0.29) is 12.4 Å². The van der Waals surface area contributed by atoms with Crippen molar-refractivity contribution >= 4 is 51.5 Å². The molecule has 0 unspecified atom stereocenters. The van der Waals surface area contributed by atoms with Gasteiger partial charge in [-0.2, -0.15) is 0 Å². The van der Waals surface area contributed by atoms with Gasteiger partial charge in [0.15, 0.2) is 5.13 Å². The van der Waals surface area contributed by atoms with Gasteiger partial charge in [-0.15, -0.1) is 46.4 Å². The second kappa shape index (κ2) is 8.03. The summed E-state index contributed by atoms with van der Waals surface area (Å²) >= 11 is 5.06. The molecular weight excluding hydrogens is 356 g/mol. The highest BCUT2D eigenvalue weighted by molar-refractivity contribution is 7.16. The Kier molecular flexibility index (Phi) is 6.34. The van der Waals surface area contributed by atoms with E-state index in [0.717, 1.165) is 30.2 Å². The van der Waals surface area contributed by atoms with Crippen LogP contribution in [0.1, 0.15) is 14.8 Å². The quantitative estimate of drug-likeness (QED) is 0.642. The summed E-state index contributed by atoms with van der Waals surface area (Å²) in [6.07, 6.45) is 2.86. The van der Waals surface area contributed by atoms with E-state index >= 15 is 0 Å². The van der Waals surface area contributed by atoms with Gasteiger partial charge in [0.05, 0.1) is 15.6 Å². The Bertz CT molecular complexity index is 719. The number of thiazole rings is 2. The molecule has 3 rings (SSSR count). The minimum Gasteiger partial charge on any atom is -0.375 e. The zero-order valence-corrected chi connectivity index (χ0v) is 15.3. The number of rotatable bonds is 6. The predicted octanol–water partition coefficient (Wildman–Crippen LogP) is 3.97. The van der Waals surface area contributed by atoms with E-state index in [9.17, 15) is 0 Å². The molecular formula is C14H17ClN4S3. The number of halogens is 1. The molecule has 22 heavy (non-hydrogen) atoms. The van der Waals surface area contributed by atoms with E-state index in [2.05, 4.69) is 32.8 Å². The number of nitrogens with two attached hydrogens (primary N) is 1. The van der Waals surface area contributed by atoms with Gasteiger partial charge in [-0.1, -0.05) is 0 Å². The molecule has 0 amide bonds. The summed E-state index contributed by atoms with van der Waals surface area (Å²) in [6.45, 7) is 3.82. The predicted molar refractivity (Wildman–Crippen MR) is 99.3 cm³/mol. The van der Waals surface area contributed by atoms with Gasteiger partial charge in [0.2, 0.25) is 0 Å². The molecule has 3 aromatic rings. The lowest BCUT2D eigenvalue weighted by atomic mass is 10.3. The Morgan fingerprint density at radius 3 is 2.77 bits per heavy atom. The lowest BCUT2D eigenvalue weighted by Gasteiger charge is -2.00. The molecule has 8 heteroatoms. The molecule has 3 aromatic heterocycles. The monoisotopic (exact) mass is 372 g/mol. The molecule has 4 nitrogen and oxygen atoms in total.